The first-order valence-corrected chi connectivity index (χ1v) is 8.07. The molecular formula is C18H23N3O2. The van der Waals surface area contributed by atoms with E-state index < -0.39 is 0 Å². The van der Waals surface area contributed by atoms with E-state index in [1.54, 1.807) is 0 Å². The molecule has 2 heterocycles. The average molecular weight is 313 g/mol. The van der Waals surface area contributed by atoms with E-state index in [-0.39, 0.29) is 12.5 Å². The quantitative estimate of drug-likeness (QED) is 0.823. The highest BCUT2D eigenvalue weighted by Gasteiger charge is 2.32. The molecule has 0 saturated carbocycles. The van der Waals surface area contributed by atoms with Crippen LogP contribution in [0.1, 0.15) is 37.2 Å². The predicted octanol–water partition coefficient (Wildman–Crippen LogP) is 2.61. The summed E-state index contributed by atoms with van der Waals surface area (Å²) in [4.78, 5) is 18.4. The molecule has 1 amide bonds. The third-order valence-corrected chi connectivity index (χ3v) is 4.16. The van der Waals surface area contributed by atoms with E-state index in [1.807, 2.05) is 47.6 Å². The van der Waals surface area contributed by atoms with Crippen molar-refractivity contribution in [1.29, 1.82) is 0 Å². The second-order valence-corrected chi connectivity index (χ2v) is 6.28. The van der Waals surface area contributed by atoms with Crippen LogP contribution >= 0.6 is 0 Å². The van der Waals surface area contributed by atoms with Crippen LogP contribution in [-0.4, -0.2) is 40.1 Å². The summed E-state index contributed by atoms with van der Waals surface area (Å²) >= 11 is 0. The summed E-state index contributed by atoms with van der Waals surface area (Å²) in [5, 5.41) is 0. The van der Waals surface area contributed by atoms with E-state index in [2.05, 4.69) is 23.4 Å². The maximum absolute atomic E-state index is 12.1. The monoisotopic (exact) mass is 313 g/mol. The van der Waals surface area contributed by atoms with Gasteiger partial charge in [0.25, 0.3) is 0 Å². The van der Waals surface area contributed by atoms with Crippen molar-refractivity contribution in [2.45, 2.75) is 32.4 Å². The number of hydrogen-bond acceptors (Lipinski definition) is 3. The minimum atomic E-state index is 0.0587. The molecule has 0 radical (unpaired) electrons. The number of imidazole rings is 1. The van der Waals surface area contributed by atoms with Gasteiger partial charge in [-0.3, -0.25) is 4.79 Å². The maximum Gasteiger partial charge on any atom is 0.248 e. The fourth-order valence-electron chi connectivity index (χ4n) is 2.84. The van der Waals surface area contributed by atoms with Gasteiger partial charge in [0.2, 0.25) is 5.91 Å². The average Bonchev–Trinajstić information content (AvgIpc) is 2.96. The van der Waals surface area contributed by atoms with Gasteiger partial charge < -0.3 is 14.2 Å². The zero-order valence-corrected chi connectivity index (χ0v) is 13.7. The molecule has 1 aromatic carbocycles. The van der Waals surface area contributed by atoms with Crippen LogP contribution in [0.25, 0.3) is 0 Å². The van der Waals surface area contributed by atoms with Crippen LogP contribution < -0.4 is 0 Å². The zero-order valence-electron chi connectivity index (χ0n) is 13.7. The molecule has 122 valence electrons. The van der Waals surface area contributed by atoms with Crippen LogP contribution in [0, 0.1) is 0 Å². The number of carbonyl (C=O) groups is 1. The van der Waals surface area contributed by atoms with Crippen molar-refractivity contribution in [2.24, 2.45) is 0 Å². The first kappa shape index (κ1) is 15.7. The summed E-state index contributed by atoms with van der Waals surface area (Å²) in [6.07, 6.45) is 3.84. The third-order valence-electron chi connectivity index (χ3n) is 4.16. The second kappa shape index (κ2) is 6.96. The third kappa shape index (κ3) is 3.62. The standard InChI is InChI=1S/C18H23N3O2/c1-14(2)18-19-8-9-21(18)16-10-20(11-16)17(22)13-23-12-15-6-4-3-5-7-15/h3-9,14,16H,10-13H2,1-2H3. The van der Waals surface area contributed by atoms with Crippen molar-refractivity contribution in [3.63, 3.8) is 0 Å². The lowest BCUT2D eigenvalue weighted by Gasteiger charge is -2.40. The SMILES string of the molecule is CC(C)c1nccn1C1CN(C(=O)COCc2ccccc2)C1. The smallest absolute Gasteiger partial charge is 0.248 e. The number of ether oxygens (including phenoxy) is 1. The van der Waals surface area contributed by atoms with Crippen molar-refractivity contribution in [3.05, 3.63) is 54.1 Å². The summed E-state index contributed by atoms with van der Waals surface area (Å²) in [5.74, 6) is 1.54. The number of likely N-dealkylation sites (tertiary alicyclic amines) is 1. The summed E-state index contributed by atoms with van der Waals surface area (Å²) in [5.41, 5.74) is 1.08. The highest BCUT2D eigenvalue weighted by Crippen LogP contribution is 2.25. The van der Waals surface area contributed by atoms with Crippen LogP contribution in [0.15, 0.2) is 42.7 Å². The Hall–Kier alpha value is -2.14. The van der Waals surface area contributed by atoms with Crippen molar-refractivity contribution in [2.75, 3.05) is 19.7 Å². The Morgan fingerprint density at radius 2 is 2.04 bits per heavy atom. The van der Waals surface area contributed by atoms with Gasteiger partial charge in [0.15, 0.2) is 0 Å². The molecule has 0 aliphatic carbocycles. The normalized spacial score (nSPS) is 15.0. The number of nitrogens with zero attached hydrogens (tertiary/aromatic N) is 3. The molecule has 0 bridgehead atoms. The Kier molecular flexibility index (Phi) is 4.76. The highest BCUT2D eigenvalue weighted by molar-refractivity contribution is 5.78. The number of benzene rings is 1. The van der Waals surface area contributed by atoms with E-state index in [4.69, 9.17) is 4.74 Å². The molecule has 1 aliphatic heterocycles. The molecule has 1 aliphatic rings. The molecule has 0 N–H and O–H groups in total. The molecule has 1 fully saturated rings. The van der Waals surface area contributed by atoms with Crippen molar-refractivity contribution in [3.8, 4) is 0 Å². The molecule has 23 heavy (non-hydrogen) atoms. The molecule has 1 saturated heterocycles. The fourth-order valence-corrected chi connectivity index (χ4v) is 2.84. The van der Waals surface area contributed by atoms with Gasteiger partial charge >= 0.3 is 0 Å². The van der Waals surface area contributed by atoms with Crippen LogP contribution in [0.4, 0.5) is 0 Å². The number of rotatable bonds is 6. The van der Waals surface area contributed by atoms with E-state index >= 15 is 0 Å². The Morgan fingerprint density at radius 1 is 1.30 bits per heavy atom. The summed E-state index contributed by atoms with van der Waals surface area (Å²) in [7, 11) is 0. The Balaban J connectivity index is 1.44. The molecule has 2 aromatic rings. The Morgan fingerprint density at radius 3 is 2.74 bits per heavy atom. The van der Waals surface area contributed by atoms with Crippen LogP contribution in [0.2, 0.25) is 0 Å². The molecule has 1 aromatic heterocycles. The van der Waals surface area contributed by atoms with E-state index in [0.717, 1.165) is 24.5 Å². The van der Waals surface area contributed by atoms with Crippen molar-refractivity contribution in [1.82, 2.24) is 14.5 Å². The lowest BCUT2D eigenvalue weighted by molar-refractivity contribution is -0.142. The van der Waals surface area contributed by atoms with Gasteiger partial charge in [0.05, 0.1) is 12.6 Å². The molecule has 0 atom stereocenters. The van der Waals surface area contributed by atoms with Crippen LogP contribution in [0.3, 0.4) is 0 Å². The first-order valence-electron chi connectivity index (χ1n) is 8.07. The predicted molar refractivity (Wildman–Crippen MR) is 88.0 cm³/mol. The van der Waals surface area contributed by atoms with Gasteiger partial charge in [-0.1, -0.05) is 44.2 Å². The van der Waals surface area contributed by atoms with Gasteiger partial charge in [-0.2, -0.15) is 0 Å². The maximum atomic E-state index is 12.1. The number of aromatic nitrogens is 2. The van der Waals surface area contributed by atoms with Gasteiger partial charge in [0, 0.05) is 31.4 Å². The fraction of sp³-hybridized carbons (Fsp3) is 0.444. The van der Waals surface area contributed by atoms with Gasteiger partial charge in [-0.25, -0.2) is 4.98 Å². The lowest BCUT2D eigenvalue weighted by atomic mass is 10.1. The lowest BCUT2D eigenvalue weighted by Crippen LogP contribution is -2.52. The van der Waals surface area contributed by atoms with Gasteiger partial charge in [0.1, 0.15) is 12.4 Å². The Labute approximate surface area is 136 Å². The summed E-state index contributed by atoms with van der Waals surface area (Å²) in [6, 6.07) is 10.2. The molecule has 0 spiro atoms. The largest absolute Gasteiger partial charge is 0.367 e. The second-order valence-electron chi connectivity index (χ2n) is 6.28. The van der Waals surface area contributed by atoms with Crippen LogP contribution in [0.5, 0.6) is 0 Å². The van der Waals surface area contributed by atoms with Gasteiger partial charge in [-0.05, 0) is 5.56 Å². The molecule has 3 rings (SSSR count). The highest BCUT2D eigenvalue weighted by atomic mass is 16.5. The molecule has 5 heteroatoms. The van der Waals surface area contributed by atoms with E-state index in [1.165, 1.54) is 0 Å². The molecule has 5 nitrogen and oxygen atoms in total. The van der Waals surface area contributed by atoms with Gasteiger partial charge in [-0.15, -0.1) is 0 Å². The van der Waals surface area contributed by atoms with Crippen molar-refractivity contribution >= 4 is 5.91 Å². The topological polar surface area (TPSA) is 47.4 Å². The Bertz CT molecular complexity index is 645. The molecular weight excluding hydrogens is 290 g/mol. The zero-order chi connectivity index (χ0) is 16.2. The number of carbonyl (C=O) groups excluding carboxylic acids is 1. The van der Waals surface area contributed by atoms with E-state index in [9.17, 15) is 4.79 Å². The number of hydrogen-bond donors (Lipinski definition) is 0. The minimum absolute atomic E-state index is 0.0587. The van der Waals surface area contributed by atoms with Crippen molar-refractivity contribution < 1.29 is 9.53 Å². The van der Waals surface area contributed by atoms with Crippen LogP contribution in [-0.2, 0) is 16.1 Å². The molecule has 0 unspecified atom stereocenters. The summed E-state index contributed by atoms with van der Waals surface area (Å²) in [6.45, 7) is 6.37. The minimum Gasteiger partial charge on any atom is -0.367 e. The number of amides is 1. The first-order chi connectivity index (χ1) is 11.1. The van der Waals surface area contributed by atoms with E-state index in [0.29, 0.717) is 18.6 Å². The summed E-state index contributed by atoms with van der Waals surface area (Å²) < 4.78 is 7.71.